The van der Waals surface area contributed by atoms with E-state index in [0.717, 1.165) is 29.6 Å². The third kappa shape index (κ3) is 4.73. The largest absolute Gasteiger partial charge is 0.0683 e. The third-order valence-corrected chi connectivity index (χ3v) is 7.27. The molecule has 4 rings (SSSR count). The summed E-state index contributed by atoms with van der Waals surface area (Å²) < 4.78 is 0. The average molecular weight is 357 g/mol. The minimum atomic E-state index is 0.899. The maximum absolute atomic E-state index is 2.51. The summed E-state index contributed by atoms with van der Waals surface area (Å²) in [6, 6.07) is 7.25. The molecule has 148 valence electrons. The molecule has 2 fully saturated rings. The molecule has 0 heteroatoms. The van der Waals surface area contributed by atoms with Gasteiger partial charge in [0.05, 0.1) is 0 Å². The number of fused-ring (bicyclic) bond motifs is 5. The lowest BCUT2D eigenvalue weighted by Crippen LogP contribution is -2.35. The van der Waals surface area contributed by atoms with Gasteiger partial charge in [-0.3, -0.25) is 0 Å². The van der Waals surface area contributed by atoms with Crippen LogP contribution in [-0.2, 0) is 6.42 Å². The predicted molar refractivity (Wildman–Crippen MR) is 117 cm³/mol. The van der Waals surface area contributed by atoms with Crippen molar-refractivity contribution in [2.75, 3.05) is 0 Å². The summed E-state index contributed by atoms with van der Waals surface area (Å²) in [6.07, 6.45) is 12.9. The van der Waals surface area contributed by atoms with E-state index in [-0.39, 0.29) is 0 Å². The molecule has 0 bridgehead atoms. The van der Waals surface area contributed by atoms with Gasteiger partial charge in [-0.05, 0) is 79.7 Å². The first kappa shape index (κ1) is 21.5. The molecule has 5 atom stereocenters. The molecule has 2 saturated carbocycles. The quantitative estimate of drug-likeness (QED) is 0.499. The maximum atomic E-state index is 2.51. The zero-order chi connectivity index (χ0) is 19.1. The molecule has 0 heterocycles. The van der Waals surface area contributed by atoms with Gasteiger partial charge in [-0.15, -0.1) is 0 Å². The van der Waals surface area contributed by atoms with Gasteiger partial charge >= 0.3 is 0 Å². The van der Waals surface area contributed by atoms with Gasteiger partial charge in [0.1, 0.15) is 0 Å². The van der Waals surface area contributed by atoms with Crippen molar-refractivity contribution >= 4 is 0 Å². The predicted octanol–water partition coefficient (Wildman–Crippen LogP) is 8.32. The van der Waals surface area contributed by atoms with Gasteiger partial charge in [0.25, 0.3) is 0 Å². The summed E-state index contributed by atoms with van der Waals surface area (Å²) in [5.74, 6) is 5.04. The van der Waals surface area contributed by atoms with E-state index in [0.29, 0.717) is 0 Å². The Balaban J connectivity index is 0.000000304. The molecule has 0 nitrogen and oxygen atoms in total. The Kier molecular flexibility index (Phi) is 8.71. The van der Waals surface area contributed by atoms with Gasteiger partial charge in [-0.2, -0.15) is 0 Å². The minimum Gasteiger partial charge on any atom is -0.0683 e. The first-order valence-electron chi connectivity index (χ1n) is 11.7. The van der Waals surface area contributed by atoms with Crippen LogP contribution in [0.5, 0.6) is 0 Å². The van der Waals surface area contributed by atoms with Crippen LogP contribution in [0.1, 0.15) is 109 Å². The number of hydrogen-bond donors (Lipinski definition) is 0. The van der Waals surface area contributed by atoms with Gasteiger partial charge in [0.15, 0.2) is 0 Å². The third-order valence-electron chi connectivity index (χ3n) is 7.27. The van der Waals surface area contributed by atoms with Crippen LogP contribution in [0.15, 0.2) is 18.2 Å². The Morgan fingerprint density at radius 2 is 1.54 bits per heavy atom. The van der Waals surface area contributed by atoms with Crippen molar-refractivity contribution in [2.45, 2.75) is 105 Å². The molecule has 0 aliphatic heterocycles. The SMILES string of the molecule is CC.CCCCC.Cc1ccc2c(c1)CCC1C2CCC2C(C)CCC21. The molecule has 0 N–H and O–H groups in total. The molecular weight excluding hydrogens is 312 g/mol. The summed E-state index contributed by atoms with van der Waals surface area (Å²) in [5.41, 5.74) is 4.84. The number of hydrogen-bond acceptors (Lipinski definition) is 0. The van der Waals surface area contributed by atoms with Crippen molar-refractivity contribution < 1.29 is 0 Å². The van der Waals surface area contributed by atoms with Crippen molar-refractivity contribution in [1.29, 1.82) is 0 Å². The fraction of sp³-hybridized carbons (Fsp3) is 0.769. The lowest BCUT2D eigenvalue weighted by atomic mass is 9.60. The fourth-order valence-corrected chi connectivity index (χ4v) is 6.01. The fourth-order valence-electron chi connectivity index (χ4n) is 6.01. The molecule has 0 radical (unpaired) electrons. The average Bonchev–Trinajstić information content (AvgIpc) is 3.05. The first-order chi connectivity index (χ1) is 12.7. The van der Waals surface area contributed by atoms with Gasteiger partial charge in [-0.1, -0.05) is 84.1 Å². The minimum absolute atomic E-state index is 0.899. The number of aryl methyl sites for hydroxylation is 2. The maximum Gasteiger partial charge on any atom is -0.0128 e. The van der Waals surface area contributed by atoms with Crippen molar-refractivity contribution in [3.05, 3.63) is 34.9 Å². The highest BCUT2D eigenvalue weighted by Gasteiger charge is 2.46. The highest BCUT2D eigenvalue weighted by molar-refractivity contribution is 5.37. The molecule has 3 aliphatic carbocycles. The van der Waals surface area contributed by atoms with Crippen molar-refractivity contribution in [3.8, 4) is 0 Å². The summed E-state index contributed by atoms with van der Waals surface area (Å²) in [4.78, 5) is 0. The topological polar surface area (TPSA) is 0 Å². The van der Waals surface area contributed by atoms with Crippen LogP contribution in [0.4, 0.5) is 0 Å². The first-order valence-corrected chi connectivity index (χ1v) is 11.7. The van der Waals surface area contributed by atoms with Crippen molar-refractivity contribution in [1.82, 2.24) is 0 Å². The highest BCUT2D eigenvalue weighted by Crippen LogP contribution is 2.56. The van der Waals surface area contributed by atoms with E-state index in [2.05, 4.69) is 45.9 Å². The zero-order valence-corrected chi connectivity index (χ0v) is 18.5. The molecule has 0 saturated heterocycles. The number of rotatable bonds is 2. The van der Waals surface area contributed by atoms with Crippen LogP contribution in [0.25, 0.3) is 0 Å². The summed E-state index contributed by atoms with van der Waals surface area (Å²) in [6.45, 7) is 13.2. The lowest BCUT2D eigenvalue weighted by Gasteiger charge is -2.45. The van der Waals surface area contributed by atoms with Crippen LogP contribution in [-0.4, -0.2) is 0 Å². The van der Waals surface area contributed by atoms with Gasteiger partial charge in [0.2, 0.25) is 0 Å². The standard InChI is InChI=1S/C19H26.C5H12.C2H6/c1-12-3-6-16-14(11-12)5-8-19-17-7-4-13(2)15(17)9-10-18(16)19;1-3-5-4-2;1-2/h3,6,11,13,15,17-19H,4-5,7-10H2,1-2H3;3-5H2,1-2H3;1-2H3. The van der Waals surface area contributed by atoms with Crippen molar-refractivity contribution in [3.63, 3.8) is 0 Å². The molecule has 1 aromatic carbocycles. The summed E-state index contributed by atoms with van der Waals surface area (Å²) >= 11 is 0. The van der Waals surface area contributed by atoms with Crippen LogP contribution >= 0.6 is 0 Å². The van der Waals surface area contributed by atoms with Crippen LogP contribution < -0.4 is 0 Å². The Morgan fingerprint density at radius 1 is 0.846 bits per heavy atom. The van der Waals surface area contributed by atoms with E-state index >= 15 is 0 Å². The monoisotopic (exact) mass is 356 g/mol. The second-order valence-electron chi connectivity index (χ2n) is 8.82. The Bertz CT molecular complexity index is 527. The van der Waals surface area contributed by atoms with E-state index in [4.69, 9.17) is 0 Å². The van der Waals surface area contributed by atoms with E-state index < -0.39 is 0 Å². The second-order valence-corrected chi connectivity index (χ2v) is 8.82. The van der Waals surface area contributed by atoms with Gasteiger partial charge < -0.3 is 0 Å². The summed E-state index contributed by atoms with van der Waals surface area (Å²) in [5, 5.41) is 0. The molecule has 5 unspecified atom stereocenters. The van der Waals surface area contributed by atoms with Gasteiger partial charge in [-0.25, -0.2) is 0 Å². The molecule has 26 heavy (non-hydrogen) atoms. The highest BCUT2D eigenvalue weighted by atomic mass is 14.5. The van der Waals surface area contributed by atoms with Crippen LogP contribution in [0.3, 0.4) is 0 Å². The lowest BCUT2D eigenvalue weighted by molar-refractivity contribution is 0.119. The zero-order valence-electron chi connectivity index (χ0n) is 18.5. The summed E-state index contributed by atoms with van der Waals surface area (Å²) in [7, 11) is 0. The van der Waals surface area contributed by atoms with E-state index in [1.165, 1.54) is 63.4 Å². The molecule has 1 aromatic rings. The van der Waals surface area contributed by atoms with Gasteiger partial charge in [0, 0.05) is 0 Å². The van der Waals surface area contributed by atoms with Crippen molar-refractivity contribution in [2.24, 2.45) is 23.7 Å². The molecular formula is C26H44. The molecule has 0 amide bonds. The molecule has 0 aromatic heterocycles. The Hall–Kier alpha value is -0.780. The van der Waals surface area contributed by atoms with E-state index in [1.54, 1.807) is 11.1 Å². The second kappa shape index (κ2) is 10.5. The normalized spacial score (nSPS) is 31.4. The van der Waals surface area contributed by atoms with Crippen LogP contribution in [0, 0.1) is 30.6 Å². The molecule has 3 aliphatic rings. The van der Waals surface area contributed by atoms with Crippen LogP contribution in [0.2, 0.25) is 0 Å². The smallest absolute Gasteiger partial charge is 0.0128 e. The van der Waals surface area contributed by atoms with E-state index in [1.807, 2.05) is 13.8 Å². The Morgan fingerprint density at radius 3 is 2.19 bits per heavy atom. The Labute approximate surface area is 164 Å². The number of benzene rings is 1. The molecule has 0 spiro atoms. The van der Waals surface area contributed by atoms with E-state index in [9.17, 15) is 0 Å². The number of unbranched alkanes of at least 4 members (excludes halogenated alkanes) is 2.